The molecule has 0 amide bonds. The zero-order valence-corrected chi connectivity index (χ0v) is 23.4. The highest BCUT2D eigenvalue weighted by atomic mass is 16.7. The van der Waals surface area contributed by atoms with Crippen molar-refractivity contribution in [2.75, 3.05) is 13.7 Å². The van der Waals surface area contributed by atoms with Crippen molar-refractivity contribution in [1.29, 1.82) is 0 Å². The lowest BCUT2D eigenvalue weighted by molar-refractivity contribution is -0.348. The standard InChI is InChI=1S/C35H38O6/c1-37-34-32(36)33(39-24-29-18-10-4-11-19-29)35(22-27-14-6-2-7-15-27,40-25-30-20-12-5-13-21-30)31(41-34)26-38-23-28-16-8-3-9-17-28/h2-21,31-34,36H,22-26H2,1H3/t31-,32-,33-,34+,35-/m1/s1. The number of rotatable bonds is 13. The monoisotopic (exact) mass is 554 g/mol. The van der Waals surface area contributed by atoms with Gasteiger partial charge in [0, 0.05) is 13.5 Å². The SMILES string of the molecule is CO[C@H]1O[C@H](COCc2ccccc2)[C@@](Cc2ccccc2)(OCc2ccccc2)[C@H](OCc2ccccc2)[C@H]1O. The summed E-state index contributed by atoms with van der Waals surface area (Å²) in [4.78, 5) is 0. The highest BCUT2D eigenvalue weighted by molar-refractivity contribution is 5.22. The minimum atomic E-state index is -1.10. The number of benzene rings is 4. The molecule has 6 heteroatoms. The van der Waals surface area contributed by atoms with Crippen molar-refractivity contribution in [3.8, 4) is 0 Å². The summed E-state index contributed by atoms with van der Waals surface area (Å²) in [6, 6.07) is 40.0. The molecule has 0 saturated carbocycles. The van der Waals surface area contributed by atoms with Crippen LogP contribution in [0.25, 0.3) is 0 Å². The summed E-state index contributed by atoms with van der Waals surface area (Å²) >= 11 is 0. The molecule has 1 heterocycles. The molecule has 0 unspecified atom stereocenters. The summed E-state index contributed by atoms with van der Waals surface area (Å²) < 4.78 is 31.8. The number of methoxy groups -OCH3 is 1. The van der Waals surface area contributed by atoms with Gasteiger partial charge >= 0.3 is 0 Å². The summed E-state index contributed by atoms with van der Waals surface area (Å²) in [7, 11) is 1.53. The average molecular weight is 555 g/mol. The lowest BCUT2D eigenvalue weighted by atomic mass is 9.78. The molecular weight excluding hydrogens is 516 g/mol. The molecule has 214 valence electrons. The van der Waals surface area contributed by atoms with E-state index in [9.17, 15) is 5.11 Å². The quantitative estimate of drug-likeness (QED) is 0.228. The van der Waals surface area contributed by atoms with Crippen LogP contribution in [0.1, 0.15) is 22.3 Å². The van der Waals surface area contributed by atoms with Gasteiger partial charge in [-0.1, -0.05) is 121 Å². The fourth-order valence-corrected chi connectivity index (χ4v) is 5.35. The molecule has 4 aromatic rings. The number of hydrogen-bond donors (Lipinski definition) is 1. The molecule has 41 heavy (non-hydrogen) atoms. The predicted octanol–water partition coefficient (Wildman–Crippen LogP) is 5.72. The first-order chi connectivity index (χ1) is 20.2. The summed E-state index contributed by atoms with van der Waals surface area (Å²) in [5.74, 6) is 0. The number of aliphatic hydroxyl groups is 1. The topological polar surface area (TPSA) is 66.4 Å². The van der Waals surface area contributed by atoms with Crippen molar-refractivity contribution >= 4 is 0 Å². The van der Waals surface area contributed by atoms with Crippen LogP contribution < -0.4 is 0 Å². The number of hydrogen-bond acceptors (Lipinski definition) is 6. The van der Waals surface area contributed by atoms with Gasteiger partial charge in [-0.2, -0.15) is 0 Å². The predicted molar refractivity (Wildman–Crippen MR) is 157 cm³/mol. The molecule has 1 saturated heterocycles. The zero-order valence-electron chi connectivity index (χ0n) is 23.4. The van der Waals surface area contributed by atoms with Crippen molar-refractivity contribution in [3.05, 3.63) is 144 Å². The Morgan fingerprint density at radius 2 is 1.15 bits per heavy atom. The van der Waals surface area contributed by atoms with Gasteiger partial charge in [-0.25, -0.2) is 0 Å². The first-order valence-electron chi connectivity index (χ1n) is 14.0. The van der Waals surface area contributed by atoms with Crippen molar-refractivity contribution in [2.45, 2.75) is 56.4 Å². The zero-order chi connectivity index (χ0) is 28.3. The van der Waals surface area contributed by atoms with E-state index < -0.39 is 30.2 Å². The maximum atomic E-state index is 11.6. The van der Waals surface area contributed by atoms with Crippen LogP contribution in [0.5, 0.6) is 0 Å². The van der Waals surface area contributed by atoms with E-state index >= 15 is 0 Å². The summed E-state index contributed by atoms with van der Waals surface area (Å²) in [6.45, 7) is 1.23. The average Bonchev–Trinajstić information content (AvgIpc) is 3.03. The Balaban J connectivity index is 1.51. The molecule has 4 aromatic carbocycles. The Bertz CT molecular complexity index is 1290. The molecule has 0 aromatic heterocycles. The van der Waals surface area contributed by atoms with Gasteiger partial charge in [0.1, 0.15) is 23.9 Å². The molecule has 0 bridgehead atoms. The third-order valence-corrected chi connectivity index (χ3v) is 7.47. The van der Waals surface area contributed by atoms with Gasteiger partial charge in [0.25, 0.3) is 0 Å². The van der Waals surface area contributed by atoms with Crippen LogP contribution in [-0.2, 0) is 49.9 Å². The number of aliphatic hydroxyl groups excluding tert-OH is 1. The van der Waals surface area contributed by atoms with Gasteiger partial charge in [-0.15, -0.1) is 0 Å². The minimum Gasteiger partial charge on any atom is -0.385 e. The first kappa shape index (κ1) is 29.1. The van der Waals surface area contributed by atoms with Gasteiger partial charge < -0.3 is 28.8 Å². The van der Waals surface area contributed by atoms with Crippen LogP contribution in [-0.4, -0.2) is 49.0 Å². The fraction of sp³-hybridized carbons (Fsp3) is 0.314. The summed E-state index contributed by atoms with van der Waals surface area (Å²) in [6.07, 6.45) is -2.97. The highest BCUT2D eigenvalue weighted by Gasteiger charge is 2.58. The molecule has 0 radical (unpaired) electrons. The van der Waals surface area contributed by atoms with E-state index in [1.165, 1.54) is 7.11 Å². The molecule has 1 aliphatic rings. The highest BCUT2D eigenvalue weighted by Crippen LogP contribution is 2.40. The maximum absolute atomic E-state index is 11.6. The van der Waals surface area contributed by atoms with E-state index in [2.05, 4.69) is 12.1 Å². The van der Waals surface area contributed by atoms with Crippen LogP contribution in [0.3, 0.4) is 0 Å². The Morgan fingerprint density at radius 3 is 1.68 bits per heavy atom. The molecular formula is C35H38O6. The third-order valence-electron chi connectivity index (χ3n) is 7.47. The Morgan fingerprint density at radius 1 is 0.659 bits per heavy atom. The van der Waals surface area contributed by atoms with Crippen LogP contribution >= 0.6 is 0 Å². The van der Waals surface area contributed by atoms with E-state index in [4.69, 9.17) is 23.7 Å². The van der Waals surface area contributed by atoms with Crippen LogP contribution in [0, 0.1) is 0 Å². The second-order valence-corrected chi connectivity index (χ2v) is 10.3. The molecule has 0 aliphatic carbocycles. The van der Waals surface area contributed by atoms with E-state index in [1.54, 1.807) is 0 Å². The molecule has 1 fully saturated rings. The maximum Gasteiger partial charge on any atom is 0.186 e. The molecule has 1 aliphatic heterocycles. The van der Waals surface area contributed by atoms with Crippen molar-refractivity contribution in [1.82, 2.24) is 0 Å². The largest absolute Gasteiger partial charge is 0.385 e. The smallest absolute Gasteiger partial charge is 0.186 e. The van der Waals surface area contributed by atoms with Crippen LogP contribution in [0.4, 0.5) is 0 Å². The summed E-state index contributed by atoms with van der Waals surface area (Å²) in [5.41, 5.74) is 3.00. The third kappa shape index (κ3) is 7.49. The Hall–Kier alpha value is -3.36. The van der Waals surface area contributed by atoms with E-state index in [0.717, 1.165) is 22.3 Å². The molecule has 1 N–H and O–H groups in total. The van der Waals surface area contributed by atoms with Gasteiger partial charge in [0.2, 0.25) is 0 Å². The molecule has 6 nitrogen and oxygen atoms in total. The van der Waals surface area contributed by atoms with Gasteiger partial charge in [-0.3, -0.25) is 0 Å². The Kier molecular flexibility index (Phi) is 10.3. The van der Waals surface area contributed by atoms with Crippen molar-refractivity contribution < 1.29 is 28.8 Å². The minimum absolute atomic E-state index is 0.217. The van der Waals surface area contributed by atoms with Crippen LogP contribution in [0.15, 0.2) is 121 Å². The van der Waals surface area contributed by atoms with Crippen molar-refractivity contribution in [2.24, 2.45) is 0 Å². The lowest BCUT2D eigenvalue weighted by Gasteiger charge is -2.52. The second-order valence-electron chi connectivity index (χ2n) is 10.3. The first-order valence-corrected chi connectivity index (χ1v) is 14.0. The van der Waals surface area contributed by atoms with Gasteiger partial charge in [0.15, 0.2) is 6.29 Å². The van der Waals surface area contributed by atoms with Crippen molar-refractivity contribution in [3.63, 3.8) is 0 Å². The van der Waals surface area contributed by atoms with Gasteiger partial charge in [0.05, 0.1) is 26.4 Å². The lowest BCUT2D eigenvalue weighted by Crippen LogP contribution is -2.69. The van der Waals surface area contributed by atoms with Crippen LogP contribution in [0.2, 0.25) is 0 Å². The second kappa shape index (κ2) is 14.5. The normalized spacial score (nSPS) is 24.2. The van der Waals surface area contributed by atoms with E-state index in [1.807, 2.05) is 109 Å². The summed E-state index contributed by atoms with van der Waals surface area (Å²) in [5, 5.41) is 11.6. The molecule has 0 spiro atoms. The number of ether oxygens (including phenoxy) is 5. The Labute approximate surface area is 242 Å². The van der Waals surface area contributed by atoms with Gasteiger partial charge in [-0.05, 0) is 22.3 Å². The molecule has 5 atom stereocenters. The fourth-order valence-electron chi connectivity index (χ4n) is 5.35. The van der Waals surface area contributed by atoms with E-state index in [-0.39, 0.29) is 6.61 Å². The molecule has 5 rings (SSSR count). The van der Waals surface area contributed by atoms with E-state index in [0.29, 0.717) is 26.2 Å².